The summed E-state index contributed by atoms with van der Waals surface area (Å²) in [5, 5.41) is 0. The predicted molar refractivity (Wildman–Crippen MR) is 70.5 cm³/mol. The molecule has 0 aliphatic heterocycles. The van der Waals surface area contributed by atoms with Gasteiger partial charge in [-0.25, -0.2) is 4.39 Å². The molecule has 0 heterocycles. The average molecular weight is 229 g/mol. The maximum Gasteiger partial charge on any atom is 0.131 e. The van der Waals surface area contributed by atoms with Crippen LogP contribution in [-0.4, -0.2) is 0 Å². The third-order valence-corrected chi connectivity index (χ3v) is 2.89. The average Bonchev–Trinajstić information content (AvgIpc) is 2.22. The van der Waals surface area contributed by atoms with Gasteiger partial charge in [-0.1, -0.05) is 29.3 Å². The van der Waals surface area contributed by atoms with Gasteiger partial charge in [-0.15, -0.1) is 0 Å². The molecule has 0 bridgehead atoms. The van der Waals surface area contributed by atoms with Gasteiger partial charge in [-0.2, -0.15) is 0 Å². The van der Waals surface area contributed by atoms with Crippen LogP contribution in [0, 0.1) is 26.6 Å². The molecule has 0 aromatic heterocycles. The van der Waals surface area contributed by atoms with Crippen molar-refractivity contribution < 1.29 is 4.39 Å². The number of halogens is 1. The summed E-state index contributed by atoms with van der Waals surface area (Å²) < 4.78 is 13.9. The molecule has 2 heteroatoms. The minimum atomic E-state index is -0.221. The van der Waals surface area contributed by atoms with Gasteiger partial charge >= 0.3 is 0 Å². The molecule has 0 atom stereocenters. The standard InChI is InChI=1S/C15H16FN/c1-9-4-10(2)6-12(5-9)13-8-15(17)11(3)7-14(13)16/h4-8H,17H2,1-3H3. The fraction of sp³-hybridized carbons (Fsp3) is 0.200. The van der Waals surface area contributed by atoms with Crippen molar-refractivity contribution in [2.45, 2.75) is 20.8 Å². The lowest BCUT2D eigenvalue weighted by molar-refractivity contribution is 0.630. The summed E-state index contributed by atoms with van der Waals surface area (Å²) in [6, 6.07) is 9.21. The molecule has 0 saturated heterocycles. The third kappa shape index (κ3) is 2.31. The second-order valence-corrected chi connectivity index (χ2v) is 4.57. The highest BCUT2D eigenvalue weighted by molar-refractivity contribution is 5.70. The molecular formula is C15H16FN. The second kappa shape index (κ2) is 4.21. The van der Waals surface area contributed by atoms with E-state index in [1.807, 2.05) is 32.9 Å². The van der Waals surface area contributed by atoms with Crippen molar-refractivity contribution in [2.75, 3.05) is 5.73 Å². The summed E-state index contributed by atoms with van der Waals surface area (Å²) in [7, 11) is 0. The van der Waals surface area contributed by atoms with Crippen LogP contribution in [0.4, 0.5) is 10.1 Å². The smallest absolute Gasteiger partial charge is 0.131 e. The van der Waals surface area contributed by atoms with Crippen LogP contribution < -0.4 is 5.73 Å². The summed E-state index contributed by atoms with van der Waals surface area (Å²) in [4.78, 5) is 0. The van der Waals surface area contributed by atoms with E-state index in [1.165, 1.54) is 6.07 Å². The van der Waals surface area contributed by atoms with E-state index in [1.54, 1.807) is 6.07 Å². The van der Waals surface area contributed by atoms with Crippen molar-refractivity contribution in [3.63, 3.8) is 0 Å². The molecule has 0 aliphatic carbocycles. The normalized spacial score (nSPS) is 10.6. The van der Waals surface area contributed by atoms with Crippen LogP contribution in [0.2, 0.25) is 0 Å². The molecule has 2 aromatic carbocycles. The number of hydrogen-bond donors (Lipinski definition) is 1. The predicted octanol–water partition coefficient (Wildman–Crippen LogP) is 4.00. The molecule has 0 aliphatic rings. The third-order valence-electron chi connectivity index (χ3n) is 2.89. The number of nitrogens with two attached hydrogens (primary N) is 1. The lowest BCUT2D eigenvalue weighted by atomic mass is 9.98. The summed E-state index contributed by atoms with van der Waals surface area (Å²) >= 11 is 0. The molecule has 2 N–H and O–H groups in total. The van der Waals surface area contributed by atoms with Gasteiger partial charge in [0.05, 0.1) is 0 Å². The lowest BCUT2D eigenvalue weighted by Crippen LogP contribution is -1.94. The summed E-state index contributed by atoms with van der Waals surface area (Å²) in [5.74, 6) is -0.221. The van der Waals surface area contributed by atoms with Gasteiger partial charge in [0, 0.05) is 11.3 Å². The van der Waals surface area contributed by atoms with Gasteiger partial charge in [0.25, 0.3) is 0 Å². The Morgan fingerprint density at radius 3 is 2.06 bits per heavy atom. The van der Waals surface area contributed by atoms with Gasteiger partial charge in [-0.3, -0.25) is 0 Å². The maximum absolute atomic E-state index is 13.9. The molecule has 0 fully saturated rings. The van der Waals surface area contributed by atoms with E-state index in [-0.39, 0.29) is 5.82 Å². The zero-order chi connectivity index (χ0) is 12.6. The molecule has 0 radical (unpaired) electrons. The molecule has 0 saturated carbocycles. The van der Waals surface area contributed by atoms with Crippen molar-refractivity contribution in [3.05, 3.63) is 52.8 Å². The summed E-state index contributed by atoms with van der Waals surface area (Å²) in [6.45, 7) is 5.82. The van der Waals surface area contributed by atoms with Gasteiger partial charge in [-0.05, 0) is 44.0 Å². The van der Waals surface area contributed by atoms with Gasteiger partial charge in [0.1, 0.15) is 5.82 Å². The van der Waals surface area contributed by atoms with E-state index in [0.29, 0.717) is 11.3 Å². The minimum absolute atomic E-state index is 0.221. The van der Waals surface area contributed by atoms with Crippen molar-refractivity contribution in [1.29, 1.82) is 0 Å². The van der Waals surface area contributed by atoms with Gasteiger partial charge in [0.15, 0.2) is 0 Å². The van der Waals surface area contributed by atoms with Crippen LogP contribution in [-0.2, 0) is 0 Å². The molecule has 0 unspecified atom stereocenters. The Morgan fingerprint density at radius 2 is 1.47 bits per heavy atom. The fourth-order valence-corrected chi connectivity index (χ4v) is 2.04. The summed E-state index contributed by atoms with van der Waals surface area (Å²) in [5.41, 5.74) is 10.9. The number of benzene rings is 2. The SMILES string of the molecule is Cc1cc(C)cc(-c2cc(N)c(C)cc2F)c1. The highest BCUT2D eigenvalue weighted by atomic mass is 19.1. The van der Waals surface area contributed by atoms with Crippen LogP contribution in [0.25, 0.3) is 11.1 Å². The van der Waals surface area contributed by atoms with Crippen molar-refractivity contribution >= 4 is 5.69 Å². The second-order valence-electron chi connectivity index (χ2n) is 4.57. The number of hydrogen-bond acceptors (Lipinski definition) is 1. The van der Waals surface area contributed by atoms with E-state index < -0.39 is 0 Å². The molecule has 17 heavy (non-hydrogen) atoms. The van der Waals surface area contributed by atoms with Crippen LogP contribution in [0.15, 0.2) is 30.3 Å². The Balaban J connectivity index is 2.64. The number of rotatable bonds is 1. The highest BCUT2D eigenvalue weighted by Crippen LogP contribution is 2.28. The maximum atomic E-state index is 13.9. The van der Waals surface area contributed by atoms with Crippen molar-refractivity contribution in [1.82, 2.24) is 0 Å². The quantitative estimate of drug-likeness (QED) is 0.735. The first-order chi connectivity index (χ1) is 7.97. The first-order valence-electron chi connectivity index (χ1n) is 5.61. The monoisotopic (exact) mass is 229 g/mol. The van der Waals surface area contributed by atoms with E-state index in [4.69, 9.17) is 5.73 Å². The molecule has 88 valence electrons. The first kappa shape index (κ1) is 11.6. The van der Waals surface area contributed by atoms with E-state index >= 15 is 0 Å². The van der Waals surface area contributed by atoms with Crippen molar-refractivity contribution in [3.8, 4) is 11.1 Å². The first-order valence-corrected chi connectivity index (χ1v) is 5.61. The Morgan fingerprint density at radius 1 is 0.882 bits per heavy atom. The fourth-order valence-electron chi connectivity index (χ4n) is 2.04. The van der Waals surface area contributed by atoms with Gasteiger partial charge < -0.3 is 5.73 Å². The largest absolute Gasteiger partial charge is 0.398 e. The van der Waals surface area contributed by atoms with Crippen LogP contribution in [0.5, 0.6) is 0 Å². The van der Waals surface area contributed by atoms with E-state index in [0.717, 1.165) is 22.3 Å². The van der Waals surface area contributed by atoms with Crippen LogP contribution in [0.3, 0.4) is 0 Å². The molecule has 1 nitrogen and oxygen atoms in total. The van der Waals surface area contributed by atoms with Crippen molar-refractivity contribution in [2.24, 2.45) is 0 Å². The van der Waals surface area contributed by atoms with E-state index in [9.17, 15) is 4.39 Å². The Labute approximate surface area is 101 Å². The van der Waals surface area contributed by atoms with Crippen LogP contribution >= 0.6 is 0 Å². The summed E-state index contributed by atoms with van der Waals surface area (Å²) in [6.07, 6.45) is 0. The molecular weight excluding hydrogens is 213 g/mol. The number of nitrogen functional groups attached to an aromatic ring is 1. The molecule has 0 spiro atoms. The Hall–Kier alpha value is -1.83. The lowest BCUT2D eigenvalue weighted by Gasteiger charge is -2.09. The zero-order valence-electron chi connectivity index (χ0n) is 10.3. The Kier molecular flexibility index (Phi) is 2.88. The molecule has 0 amide bonds. The van der Waals surface area contributed by atoms with Gasteiger partial charge in [0.2, 0.25) is 0 Å². The van der Waals surface area contributed by atoms with E-state index in [2.05, 4.69) is 6.07 Å². The molecule has 2 aromatic rings. The number of aryl methyl sites for hydroxylation is 3. The van der Waals surface area contributed by atoms with Crippen LogP contribution in [0.1, 0.15) is 16.7 Å². The topological polar surface area (TPSA) is 26.0 Å². The molecule has 2 rings (SSSR count). The zero-order valence-corrected chi connectivity index (χ0v) is 10.3. The highest BCUT2D eigenvalue weighted by Gasteiger charge is 2.08. The Bertz CT molecular complexity index is 553. The number of anilines is 1. The minimum Gasteiger partial charge on any atom is -0.398 e.